The standard InChI is InChI=1S/C13H17BrN2O2S3/c1-9(2)15-5-12-4-13(8-20-12)21(17,18)16-6-11-3-10(14)7-19-11/h3-4,7-9,15-16H,5-6H2,1-2H3. The van der Waals surface area contributed by atoms with E-state index in [0.717, 1.165) is 14.2 Å². The molecule has 0 spiro atoms. The maximum absolute atomic E-state index is 12.2. The Kier molecular flexibility index (Phi) is 5.98. The van der Waals surface area contributed by atoms with E-state index in [1.54, 1.807) is 11.4 Å². The number of sulfonamides is 1. The maximum Gasteiger partial charge on any atom is 0.241 e. The Balaban J connectivity index is 1.99. The molecule has 0 aliphatic carbocycles. The van der Waals surface area contributed by atoms with Crippen LogP contribution in [-0.4, -0.2) is 14.5 Å². The molecule has 0 aromatic carbocycles. The van der Waals surface area contributed by atoms with Crippen LogP contribution in [0, 0.1) is 0 Å². The lowest BCUT2D eigenvalue weighted by Gasteiger charge is -2.05. The first-order valence-electron chi connectivity index (χ1n) is 6.40. The number of hydrogen-bond donors (Lipinski definition) is 2. The van der Waals surface area contributed by atoms with E-state index in [9.17, 15) is 8.42 Å². The van der Waals surface area contributed by atoms with Gasteiger partial charge in [0, 0.05) is 44.1 Å². The van der Waals surface area contributed by atoms with Gasteiger partial charge in [0.25, 0.3) is 0 Å². The molecule has 0 saturated heterocycles. The molecule has 116 valence electrons. The Morgan fingerprint density at radius 1 is 1.14 bits per heavy atom. The first kappa shape index (κ1) is 17.1. The molecular weight excluding hydrogens is 392 g/mol. The Hall–Kier alpha value is -0.250. The monoisotopic (exact) mass is 408 g/mol. The largest absolute Gasteiger partial charge is 0.310 e. The number of halogens is 1. The van der Waals surface area contributed by atoms with E-state index < -0.39 is 10.0 Å². The highest BCUT2D eigenvalue weighted by molar-refractivity contribution is 9.10. The molecule has 0 aliphatic rings. The molecule has 0 atom stereocenters. The summed E-state index contributed by atoms with van der Waals surface area (Å²) < 4.78 is 28.1. The molecule has 21 heavy (non-hydrogen) atoms. The predicted octanol–water partition coefficient (Wildman–Crippen LogP) is 3.55. The summed E-state index contributed by atoms with van der Waals surface area (Å²) in [5.41, 5.74) is 0. The lowest BCUT2D eigenvalue weighted by Crippen LogP contribution is -2.22. The van der Waals surface area contributed by atoms with Crippen molar-refractivity contribution in [2.45, 2.75) is 37.9 Å². The van der Waals surface area contributed by atoms with Crippen molar-refractivity contribution in [3.63, 3.8) is 0 Å². The van der Waals surface area contributed by atoms with Gasteiger partial charge in [-0.3, -0.25) is 0 Å². The molecular formula is C13H17BrN2O2S3. The van der Waals surface area contributed by atoms with Crippen molar-refractivity contribution in [1.29, 1.82) is 0 Å². The number of nitrogens with one attached hydrogen (secondary N) is 2. The highest BCUT2D eigenvalue weighted by atomic mass is 79.9. The lowest BCUT2D eigenvalue weighted by atomic mass is 10.4. The van der Waals surface area contributed by atoms with E-state index in [-0.39, 0.29) is 0 Å². The Morgan fingerprint density at radius 3 is 2.43 bits per heavy atom. The van der Waals surface area contributed by atoms with E-state index in [1.807, 2.05) is 11.4 Å². The zero-order valence-electron chi connectivity index (χ0n) is 11.7. The topological polar surface area (TPSA) is 58.2 Å². The van der Waals surface area contributed by atoms with Crippen LogP contribution in [-0.2, 0) is 23.1 Å². The summed E-state index contributed by atoms with van der Waals surface area (Å²) >= 11 is 6.34. The van der Waals surface area contributed by atoms with Gasteiger partial charge < -0.3 is 5.32 Å². The van der Waals surface area contributed by atoms with Crippen LogP contribution >= 0.6 is 38.6 Å². The average Bonchev–Trinajstić information content (AvgIpc) is 3.03. The van der Waals surface area contributed by atoms with Crippen molar-refractivity contribution in [1.82, 2.24) is 10.0 Å². The molecule has 0 bridgehead atoms. The Bertz CT molecular complexity index is 692. The molecule has 2 heterocycles. The second kappa shape index (κ2) is 7.34. The molecule has 0 saturated carbocycles. The van der Waals surface area contributed by atoms with E-state index in [4.69, 9.17) is 0 Å². The molecule has 0 fully saturated rings. The van der Waals surface area contributed by atoms with Crippen LogP contribution in [0.2, 0.25) is 0 Å². The second-order valence-corrected chi connectivity index (χ2v) is 9.51. The average molecular weight is 409 g/mol. The van der Waals surface area contributed by atoms with Crippen molar-refractivity contribution in [3.8, 4) is 0 Å². The van der Waals surface area contributed by atoms with Gasteiger partial charge in [-0.05, 0) is 28.1 Å². The zero-order valence-corrected chi connectivity index (χ0v) is 15.8. The fourth-order valence-electron chi connectivity index (χ4n) is 1.59. The highest BCUT2D eigenvalue weighted by Crippen LogP contribution is 2.22. The number of rotatable bonds is 7. The van der Waals surface area contributed by atoms with E-state index in [2.05, 4.69) is 39.8 Å². The molecule has 0 radical (unpaired) electrons. The van der Waals surface area contributed by atoms with Crippen LogP contribution in [0.25, 0.3) is 0 Å². The molecule has 2 aromatic rings. The van der Waals surface area contributed by atoms with E-state index in [1.165, 1.54) is 22.7 Å². The first-order chi connectivity index (χ1) is 9.87. The third-order valence-electron chi connectivity index (χ3n) is 2.68. The highest BCUT2D eigenvalue weighted by Gasteiger charge is 2.16. The van der Waals surface area contributed by atoms with Gasteiger partial charge in [0.2, 0.25) is 10.0 Å². The summed E-state index contributed by atoms with van der Waals surface area (Å²) in [6.45, 7) is 5.13. The smallest absolute Gasteiger partial charge is 0.241 e. The summed E-state index contributed by atoms with van der Waals surface area (Å²) in [6, 6.07) is 4.02. The Labute approximate surface area is 141 Å². The second-order valence-electron chi connectivity index (χ2n) is 4.84. The SMILES string of the molecule is CC(C)NCc1cc(S(=O)(=O)NCc2cc(Br)cs2)cs1. The summed E-state index contributed by atoms with van der Waals surface area (Å²) in [5, 5.41) is 6.90. The number of thiophene rings is 2. The van der Waals surface area contributed by atoms with Gasteiger partial charge in [-0.1, -0.05) is 13.8 Å². The van der Waals surface area contributed by atoms with E-state index >= 15 is 0 Å². The predicted molar refractivity (Wildman–Crippen MR) is 92.3 cm³/mol. The van der Waals surface area contributed by atoms with Crippen LogP contribution in [0.3, 0.4) is 0 Å². The van der Waals surface area contributed by atoms with Crippen LogP contribution < -0.4 is 10.0 Å². The van der Waals surface area contributed by atoms with Gasteiger partial charge in [0.15, 0.2) is 0 Å². The van der Waals surface area contributed by atoms with Crippen LogP contribution in [0.4, 0.5) is 0 Å². The molecule has 0 unspecified atom stereocenters. The molecule has 4 nitrogen and oxygen atoms in total. The van der Waals surface area contributed by atoms with Gasteiger partial charge >= 0.3 is 0 Å². The van der Waals surface area contributed by atoms with Crippen molar-refractivity contribution >= 4 is 48.6 Å². The fraction of sp³-hybridized carbons (Fsp3) is 0.385. The summed E-state index contributed by atoms with van der Waals surface area (Å²) in [4.78, 5) is 2.33. The van der Waals surface area contributed by atoms with Gasteiger partial charge in [-0.15, -0.1) is 22.7 Å². The van der Waals surface area contributed by atoms with Gasteiger partial charge in [-0.25, -0.2) is 13.1 Å². The number of hydrogen-bond acceptors (Lipinski definition) is 5. The Morgan fingerprint density at radius 2 is 1.81 bits per heavy atom. The normalized spacial score (nSPS) is 12.2. The fourth-order valence-corrected chi connectivity index (χ4v) is 5.31. The van der Waals surface area contributed by atoms with Crippen molar-refractivity contribution in [2.24, 2.45) is 0 Å². The minimum absolute atomic E-state index is 0.314. The van der Waals surface area contributed by atoms with Crippen LogP contribution in [0.15, 0.2) is 32.3 Å². The summed E-state index contributed by atoms with van der Waals surface area (Å²) in [7, 11) is -3.44. The zero-order chi connectivity index (χ0) is 15.5. The molecule has 8 heteroatoms. The molecule has 2 aromatic heterocycles. The van der Waals surface area contributed by atoms with E-state index in [0.29, 0.717) is 24.0 Å². The molecule has 0 aliphatic heterocycles. The third kappa shape index (κ3) is 5.15. The lowest BCUT2D eigenvalue weighted by molar-refractivity contribution is 0.581. The summed E-state index contributed by atoms with van der Waals surface area (Å²) in [6.07, 6.45) is 0. The quantitative estimate of drug-likeness (QED) is 0.736. The van der Waals surface area contributed by atoms with Gasteiger partial charge in [0.05, 0.1) is 4.90 Å². The van der Waals surface area contributed by atoms with Crippen molar-refractivity contribution in [2.75, 3.05) is 0 Å². The maximum atomic E-state index is 12.2. The van der Waals surface area contributed by atoms with Crippen LogP contribution in [0.5, 0.6) is 0 Å². The van der Waals surface area contributed by atoms with Crippen LogP contribution in [0.1, 0.15) is 23.6 Å². The minimum Gasteiger partial charge on any atom is -0.310 e. The van der Waals surface area contributed by atoms with Gasteiger partial charge in [0.1, 0.15) is 0 Å². The first-order valence-corrected chi connectivity index (χ1v) is 10.4. The molecule has 0 amide bonds. The third-order valence-corrected chi connectivity index (χ3v) is 6.85. The van der Waals surface area contributed by atoms with Crippen molar-refractivity contribution in [3.05, 3.63) is 37.1 Å². The van der Waals surface area contributed by atoms with Crippen molar-refractivity contribution < 1.29 is 8.42 Å². The molecule has 2 rings (SSSR count). The summed E-state index contributed by atoms with van der Waals surface area (Å²) in [5.74, 6) is 0. The van der Waals surface area contributed by atoms with Gasteiger partial charge in [-0.2, -0.15) is 0 Å². The molecule has 2 N–H and O–H groups in total. The minimum atomic E-state index is -3.44.